The number of fused-ring (bicyclic) bond motifs is 2. The maximum Gasteiger partial charge on any atom is 0.290 e. The van der Waals surface area contributed by atoms with Gasteiger partial charge in [-0.15, -0.1) is 0 Å². The maximum atomic E-state index is 13.0. The van der Waals surface area contributed by atoms with Crippen LogP contribution < -0.4 is 0 Å². The first-order valence-corrected chi connectivity index (χ1v) is 8.27. The zero-order valence-electron chi connectivity index (χ0n) is 14.1. The Hall–Kier alpha value is -2.69. The van der Waals surface area contributed by atoms with Crippen molar-refractivity contribution in [3.63, 3.8) is 0 Å². The summed E-state index contributed by atoms with van der Waals surface area (Å²) in [5.41, 5.74) is 6.33. The molecular formula is C19H20N4O. The van der Waals surface area contributed by atoms with Gasteiger partial charge in [0, 0.05) is 24.9 Å². The average Bonchev–Trinajstić information content (AvgIpc) is 3.03. The third-order valence-corrected chi connectivity index (χ3v) is 5.09. The van der Waals surface area contributed by atoms with Gasteiger partial charge in [-0.25, -0.2) is 4.98 Å². The fourth-order valence-corrected chi connectivity index (χ4v) is 3.46. The van der Waals surface area contributed by atoms with Crippen molar-refractivity contribution in [2.75, 3.05) is 6.54 Å². The number of aryl methyl sites for hydroxylation is 2. The van der Waals surface area contributed by atoms with Crippen LogP contribution in [0.5, 0.6) is 0 Å². The molecule has 1 aliphatic rings. The quantitative estimate of drug-likeness (QED) is 0.748. The summed E-state index contributed by atoms with van der Waals surface area (Å²) >= 11 is 0. The van der Waals surface area contributed by atoms with Gasteiger partial charge in [0.15, 0.2) is 5.82 Å². The van der Waals surface area contributed by atoms with E-state index in [-0.39, 0.29) is 11.9 Å². The zero-order valence-corrected chi connectivity index (χ0v) is 14.1. The number of rotatable bonds is 1. The Morgan fingerprint density at radius 3 is 2.96 bits per heavy atom. The second-order valence-electron chi connectivity index (χ2n) is 6.45. The van der Waals surface area contributed by atoms with Gasteiger partial charge in [-0.05, 0) is 49.6 Å². The lowest BCUT2D eigenvalue weighted by Crippen LogP contribution is -2.39. The topological polar surface area (TPSA) is 61.9 Å². The van der Waals surface area contributed by atoms with Crippen LogP contribution in [0.25, 0.3) is 11.0 Å². The summed E-state index contributed by atoms with van der Waals surface area (Å²) in [6.07, 6.45) is 2.60. The standard InChI is InChI=1S/C19H20N4O/c1-11-6-7-16-17(12(11)2)22-18(21-16)19(24)23-10-8-15-14(13(23)3)5-4-9-20-15/h4-7,9,13H,8,10H2,1-3H3,(H,21,22)/t13-/m1/s1. The SMILES string of the molecule is Cc1ccc2nc(C(=O)N3CCc4ncccc4[C@H]3C)[nH]c2c1C. The van der Waals surface area contributed by atoms with E-state index in [1.54, 1.807) is 0 Å². The normalized spacial score (nSPS) is 17.1. The molecule has 0 saturated heterocycles. The molecule has 24 heavy (non-hydrogen) atoms. The first-order valence-electron chi connectivity index (χ1n) is 8.27. The fraction of sp³-hybridized carbons (Fsp3) is 0.316. The molecule has 5 heteroatoms. The van der Waals surface area contributed by atoms with Crippen molar-refractivity contribution in [3.8, 4) is 0 Å². The zero-order chi connectivity index (χ0) is 16.8. The molecule has 5 nitrogen and oxygen atoms in total. The van der Waals surface area contributed by atoms with E-state index in [1.807, 2.05) is 29.3 Å². The molecule has 122 valence electrons. The van der Waals surface area contributed by atoms with Crippen LogP contribution in [0.1, 0.15) is 46.0 Å². The van der Waals surface area contributed by atoms with Crippen LogP contribution >= 0.6 is 0 Å². The van der Waals surface area contributed by atoms with Gasteiger partial charge in [-0.2, -0.15) is 0 Å². The van der Waals surface area contributed by atoms with Crippen molar-refractivity contribution in [3.05, 3.63) is 58.7 Å². The highest BCUT2D eigenvalue weighted by Crippen LogP contribution is 2.29. The molecule has 0 aliphatic carbocycles. The van der Waals surface area contributed by atoms with Crippen molar-refractivity contribution in [2.45, 2.75) is 33.2 Å². The number of aromatic nitrogens is 3. The summed E-state index contributed by atoms with van der Waals surface area (Å²) in [5.74, 6) is 0.364. The predicted molar refractivity (Wildman–Crippen MR) is 93.0 cm³/mol. The highest BCUT2D eigenvalue weighted by Gasteiger charge is 2.30. The predicted octanol–water partition coefficient (Wildman–Crippen LogP) is 3.33. The summed E-state index contributed by atoms with van der Waals surface area (Å²) in [6, 6.07) is 7.99. The monoisotopic (exact) mass is 320 g/mol. The number of nitrogens with one attached hydrogen (secondary N) is 1. The third kappa shape index (κ3) is 2.19. The van der Waals surface area contributed by atoms with E-state index < -0.39 is 0 Å². The Morgan fingerprint density at radius 1 is 1.29 bits per heavy atom. The van der Waals surface area contributed by atoms with Crippen molar-refractivity contribution < 1.29 is 4.79 Å². The van der Waals surface area contributed by atoms with Crippen LogP contribution in [-0.2, 0) is 6.42 Å². The highest BCUT2D eigenvalue weighted by molar-refractivity contribution is 5.95. The minimum absolute atomic E-state index is 0.00555. The van der Waals surface area contributed by atoms with E-state index in [4.69, 9.17) is 0 Å². The minimum Gasteiger partial charge on any atom is -0.334 e. The second-order valence-corrected chi connectivity index (χ2v) is 6.45. The minimum atomic E-state index is -0.0507. The summed E-state index contributed by atoms with van der Waals surface area (Å²) in [4.78, 5) is 27.1. The molecule has 0 bridgehead atoms. The molecular weight excluding hydrogens is 300 g/mol. The van der Waals surface area contributed by atoms with E-state index in [1.165, 1.54) is 5.56 Å². The lowest BCUT2D eigenvalue weighted by atomic mass is 9.98. The number of imidazole rings is 1. The number of H-pyrrole nitrogens is 1. The molecule has 0 unspecified atom stereocenters. The average molecular weight is 320 g/mol. The molecule has 0 spiro atoms. The van der Waals surface area contributed by atoms with Crippen molar-refractivity contribution >= 4 is 16.9 Å². The van der Waals surface area contributed by atoms with E-state index in [9.17, 15) is 4.79 Å². The fourth-order valence-electron chi connectivity index (χ4n) is 3.46. The van der Waals surface area contributed by atoms with Crippen LogP contribution in [0.4, 0.5) is 0 Å². The largest absolute Gasteiger partial charge is 0.334 e. The molecule has 0 fully saturated rings. The molecule has 1 aromatic carbocycles. The van der Waals surface area contributed by atoms with Crippen LogP contribution in [-0.4, -0.2) is 32.3 Å². The highest BCUT2D eigenvalue weighted by atomic mass is 16.2. The van der Waals surface area contributed by atoms with Gasteiger partial charge in [-0.3, -0.25) is 9.78 Å². The van der Waals surface area contributed by atoms with E-state index >= 15 is 0 Å². The molecule has 1 aliphatic heterocycles. The Balaban J connectivity index is 1.71. The van der Waals surface area contributed by atoms with Gasteiger partial charge >= 0.3 is 0 Å². The smallest absolute Gasteiger partial charge is 0.290 e. The van der Waals surface area contributed by atoms with Gasteiger partial charge in [0.25, 0.3) is 5.91 Å². The molecule has 0 saturated carbocycles. The molecule has 2 aromatic heterocycles. The Morgan fingerprint density at radius 2 is 2.12 bits per heavy atom. The van der Waals surface area contributed by atoms with Gasteiger partial charge in [0.1, 0.15) is 0 Å². The lowest BCUT2D eigenvalue weighted by Gasteiger charge is -2.34. The Kier molecular flexibility index (Phi) is 3.37. The number of aromatic amines is 1. The second kappa shape index (κ2) is 5.44. The number of benzene rings is 1. The maximum absolute atomic E-state index is 13.0. The van der Waals surface area contributed by atoms with E-state index in [2.05, 4.69) is 41.8 Å². The molecule has 4 rings (SSSR count). The first-order chi connectivity index (χ1) is 11.6. The third-order valence-electron chi connectivity index (χ3n) is 5.09. The van der Waals surface area contributed by atoms with Crippen LogP contribution in [0, 0.1) is 13.8 Å². The van der Waals surface area contributed by atoms with Crippen molar-refractivity contribution in [1.82, 2.24) is 19.9 Å². The number of carbonyl (C=O) groups excluding carboxylic acids is 1. The number of pyridine rings is 1. The van der Waals surface area contributed by atoms with Crippen molar-refractivity contribution in [1.29, 1.82) is 0 Å². The summed E-state index contributed by atoms with van der Waals surface area (Å²) in [5, 5.41) is 0. The number of amides is 1. The number of carbonyl (C=O) groups is 1. The molecule has 3 aromatic rings. The van der Waals surface area contributed by atoms with Gasteiger partial charge < -0.3 is 9.88 Å². The van der Waals surface area contributed by atoms with Crippen LogP contribution in [0.15, 0.2) is 30.5 Å². The van der Waals surface area contributed by atoms with Crippen molar-refractivity contribution in [2.24, 2.45) is 0 Å². The lowest BCUT2D eigenvalue weighted by molar-refractivity contribution is 0.0665. The van der Waals surface area contributed by atoms with Gasteiger partial charge in [0.05, 0.1) is 17.1 Å². The van der Waals surface area contributed by atoms with Crippen LogP contribution in [0.3, 0.4) is 0 Å². The van der Waals surface area contributed by atoms with E-state index in [0.29, 0.717) is 12.4 Å². The summed E-state index contributed by atoms with van der Waals surface area (Å²) in [7, 11) is 0. The number of hydrogen-bond donors (Lipinski definition) is 1. The molecule has 1 atom stereocenters. The van der Waals surface area contributed by atoms with Crippen LogP contribution in [0.2, 0.25) is 0 Å². The van der Waals surface area contributed by atoms with Gasteiger partial charge in [-0.1, -0.05) is 12.1 Å². The molecule has 1 amide bonds. The first kappa shape index (κ1) is 14.9. The Bertz CT molecular complexity index is 944. The van der Waals surface area contributed by atoms with Gasteiger partial charge in [0.2, 0.25) is 0 Å². The number of nitrogens with zero attached hydrogens (tertiary/aromatic N) is 3. The number of hydrogen-bond acceptors (Lipinski definition) is 3. The molecule has 3 heterocycles. The summed E-state index contributed by atoms with van der Waals surface area (Å²) < 4.78 is 0. The molecule has 1 N–H and O–H groups in total. The summed E-state index contributed by atoms with van der Waals surface area (Å²) in [6.45, 7) is 6.83. The Labute approximate surface area is 140 Å². The molecule has 0 radical (unpaired) electrons. The van der Waals surface area contributed by atoms with E-state index in [0.717, 1.165) is 34.3 Å².